The zero-order valence-corrected chi connectivity index (χ0v) is 7.34. The zero-order chi connectivity index (χ0) is 9.84. The Kier molecular flexibility index (Phi) is 3.02. The molecule has 1 heterocycles. The Balaban J connectivity index is 2.44. The summed E-state index contributed by atoms with van der Waals surface area (Å²) in [6, 6.07) is 0. The third-order valence-corrected chi connectivity index (χ3v) is 1.57. The largest absolute Gasteiger partial charge is 0.481 e. The predicted molar refractivity (Wildman–Crippen MR) is 45.2 cm³/mol. The van der Waals surface area contributed by atoms with E-state index in [0.717, 1.165) is 5.56 Å². The average molecular weight is 184 g/mol. The van der Waals surface area contributed by atoms with Crippen molar-refractivity contribution >= 4 is 5.97 Å². The molecular weight excluding hydrogens is 172 g/mol. The van der Waals surface area contributed by atoms with E-state index in [9.17, 15) is 9.90 Å². The summed E-state index contributed by atoms with van der Waals surface area (Å²) < 4.78 is 1.53. The van der Waals surface area contributed by atoms with Gasteiger partial charge in [0, 0.05) is 6.20 Å². The van der Waals surface area contributed by atoms with Gasteiger partial charge in [0.1, 0.15) is 0 Å². The van der Waals surface area contributed by atoms with Crippen LogP contribution in [-0.4, -0.2) is 32.1 Å². The standard InChI is InChI=1S/C8H12N2O3/c1-6-3-9-10(4-6)5-7(11)2-8(12)13/h3-4,7,11H,2,5H2,1H3,(H,12,13). The Morgan fingerprint density at radius 1 is 1.77 bits per heavy atom. The topological polar surface area (TPSA) is 75.3 Å². The highest BCUT2D eigenvalue weighted by atomic mass is 16.4. The van der Waals surface area contributed by atoms with E-state index in [-0.39, 0.29) is 13.0 Å². The van der Waals surface area contributed by atoms with Gasteiger partial charge in [0.15, 0.2) is 0 Å². The Bertz CT molecular complexity index is 295. The second-order valence-electron chi connectivity index (χ2n) is 2.99. The number of aromatic nitrogens is 2. The van der Waals surface area contributed by atoms with Gasteiger partial charge in [-0.25, -0.2) is 0 Å². The molecule has 72 valence electrons. The monoisotopic (exact) mass is 184 g/mol. The number of rotatable bonds is 4. The molecule has 0 amide bonds. The van der Waals surface area contributed by atoms with Gasteiger partial charge in [-0.15, -0.1) is 0 Å². The van der Waals surface area contributed by atoms with Crippen LogP contribution in [0.25, 0.3) is 0 Å². The van der Waals surface area contributed by atoms with E-state index in [1.165, 1.54) is 4.68 Å². The minimum Gasteiger partial charge on any atom is -0.481 e. The molecule has 0 aliphatic rings. The molecule has 0 saturated heterocycles. The third-order valence-electron chi connectivity index (χ3n) is 1.57. The minimum absolute atomic E-state index is 0.222. The first-order valence-electron chi connectivity index (χ1n) is 3.97. The fraction of sp³-hybridized carbons (Fsp3) is 0.500. The minimum atomic E-state index is -1.00. The van der Waals surface area contributed by atoms with Gasteiger partial charge in [0.05, 0.1) is 25.3 Å². The van der Waals surface area contributed by atoms with Crippen molar-refractivity contribution in [3.8, 4) is 0 Å². The van der Waals surface area contributed by atoms with Crippen molar-refractivity contribution < 1.29 is 15.0 Å². The van der Waals surface area contributed by atoms with Crippen molar-refractivity contribution in [1.82, 2.24) is 9.78 Å². The van der Waals surface area contributed by atoms with Crippen molar-refractivity contribution in [2.24, 2.45) is 0 Å². The number of hydrogen-bond donors (Lipinski definition) is 2. The molecule has 0 spiro atoms. The predicted octanol–water partition coefficient (Wildman–Crippen LogP) is 0.0271. The summed E-state index contributed by atoms with van der Waals surface area (Å²) in [5, 5.41) is 21.5. The molecule has 1 aromatic heterocycles. The second-order valence-corrected chi connectivity index (χ2v) is 2.99. The first-order valence-corrected chi connectivity index (χ1v) is 3.97. The highest BCUT2D eigenvalue weighted by Crippen LogP contribution is 1.99. The number of carboxylic acids is 1. The summed E-state index contributed by atoms with van der Waals surface area (Å²) in [7, 11) is 0. The molecule has 0 saturated carbocycles. The van der Waals surface area contributed by atoms with Crippen LogP contribution in [0.5, 0.6) is 0 Å². The lowest BCUT2D eigenvalue weighted by Gasteiger charge is -2.06. The third kappa shape index (κ3) is 3.25. The van der Waals surface area contributed by atoms with Gasteiger partial charge < -0.3 is 10.2 Å². The van der Waals surface area contributed by atoms with Crippen LogP contribution in [0.1, 0.15) is 12.0 Å². The number of aliphatic carboxylic acids is 1. The summed E-state index contributed by atoms with van der Waals surface area (Å²) in [5.74, 6) is -1.00. The summed E-state index contributed by atoms with van der Waals surface area (Å²) in [5.41, 5.74) is 0.988. The molecule has 0 aliphatic heterocycles. The molecule has 0 aromatic carbocycles. The van der Waals surface area contributed by atoms with E-state index in [1.807, 2.05) is 6.92 Å². The normalized spacial score (nSPS) is 12.8. The molecule has 1 atom stereocenters. The number of carbonyl (C=O) groups is 1. The smallest absolute Gasteiger partial charge is 0.306 e. The Labute approximate surface area is 75.6 Å². The number of carboxylic acid groups (broad SMARTS) is 1. The molecule has 0 bridgehead atoms. The molecule has 5 nitrogen and oxygen atoms in total. The zero-order valence-electron chi connectivity index (χ0n) is 7.34. The van der Waals surface area contributed by atoms with Crippen molar-refractivity contribution in [3.05, 3.63) is 18.0 Å². The van der Waals surface area contributed by atoms with E-state index in [0.29, 0.717) is 0 Å². The first-order chi connectivity index (χ1) is 6.08. The van der Waals surface area contributed by atoms with Crippen molar-refractivity contribution in [2.75, 3.05) is 0 Å². The van der Waals surface area contributed by atoms with Crippen LogP contribution in [0, 0.1) is 6.92 Å². The summed E-state index contributed by atoms with van der Waals surface area (Å²) in [6.07, 6.45) is 2.29. The maximum Gasteiger partial charge on any atom is 0.306 e. The first kappa shape index (κ1) is 9.73. The van der Waals surface area contributed by atoms with E-state index < -0.39 is 12.1 Å². The molecule has 1 aromatic rings. The molecular formula is C8H12N2O3. The van der Waals surface area contributed by atoms with E-state index >= 15 is 0 Å². The highest BCUT2D eigenvalue weighted by Gasteiger charge is 2.10. The summed E-state index contributed by atoms with van der Waals surface area (Å²) in [4.78, 5) is 10.2. The van der Waals surface area contributed by atoms with E-state index in [4.69, 9.17) is 5.11 Å². The van der Waals surface area contributed by atoms with E-state index in [2.05, 4.69) is 5.10 Å². The molecule has 0 aliphatic carbocycles. The van der Waals surface area contributed by atoms with Gasteiger partial charge >= 0.3 is 5.97 Å². The molecule has 0 radical (unpaired) electrons. The lowest BCUT2D eigenvalue weighted by molar-refractivity contribution is -0.139. The lowest BCUT2D eigenvalue weighted by atomic mass is 10.2. The van der Waals surface area contributed by atoms with Gasteiger partial charge in [-0.1, -0.05) is 0 Å². The molecule has 2 N–H and O–H groups in total. The van der Waals surface area contributed by atoms with E-state index in [1.54, 1.807) is 12.4 Å². The number of nitrogens with zero attached hydrogens (tertiary/aromatic N) is 2. The molecule has 13 heavy (non-hydrogen) atoms. The molecule has 1 unspecified atom stereocenters. The summed E-state index contributed by atoms with van der Waals surface area (Å²) in [6.45, 7) is 2.10. The van der Waals surface area contributed by atoms with Crippen LogP contribution < -0.4 is 0 Å². The van der Waals surface area contributed by atoms with Crippen molar-refractivity contribution in [1.29, 1.82) is 0 Å². The average Bonchev–Trinajstić information content (AvgIpc) is 2.33. The number of hydrogen-bond acceptors (Lipinski definition) is 3. The Morgan fingerprint density at radius 3 is 2.92 bits per heavy atom. The van der Waals surface area contributed by atoms with Crippen LogP contribution in [0.3, 0.4) is 0 Å². The fourth-order valence-electron chi connectivity index (χ4n) is 1.05. The van der Waals surface area contributed by atoms with Gasteiger partial charge in [-0.2, -0.15) is 5.10 Å². The maximum atomic E-state index is 10.2. The van der Waals surface area contributed by atoms with Crippen LogP contribution in [0.2, 0.25) is 0 Å². The van der Waals surface area contributed by atoms with Crippen molar-refractivity contribution in [3.63, 3.8) is 0 Å². The second kappa shape index (κ2) is 4.04. The van der Waals surface area contributed by atoms with Crippen LogP contribution in [0.4, 0.5) is 0 Å². The fourth-order valence-corrected chi connectivity index (χ4v) is 1.05. The van der Waals surface area contributed by atoms with Gasteiger partial charge in [-0.3, -0.25) is 9.48 Å². The molecule has 1 rings (SSSR count). The molecule has 5 heteroatoms. The SMILES string of the molecule is Cc1cnn(CC(O)CC(=O)O)c1. The maximum absolute atomic E-state index is 10.2. The highest BCUT2D eigenvalue weighted by molar-refractivity contribution is 5.67. The Hall–Kier alpha value is -1.36. The molecule has 0 fully saturated rings. The van der Waals surface area contributed by atoms with Gasteiger partial charge in [0.2, 0.25) is 0 Å². The van der Waals surface area contributed by atoms with Crippen LogP contribution in [-0.2, 0) is 11.3 Å². The summed E-state index contributed by atoms with van der Waals surface area (Å²) >= 11 is 0. The quantitative estimate of drug-likeness (QED) is 0.692. The van der Waals surface area contributed by atoms with Crippen LogP contribution >= 0.6 is 0 Å². The van der Waals surface area contributed by atoms with Crippen LogP contribution in [0.15, 0.2) is 12.4 Å². The van der Waals surface area contributed by atoms with Gasteiger partial charge in [-0.05, 0) is 12.5 Å². The van der Waals surface area contributed by atoms with Gasteiger partial charge in [0.25, 0.3) is 0 Å². The number of aliphatic hydroxyl groups is 1. The Morgan fingerprint density at radius 2 is 2.46 bits per heavy atom. The van der Waals surface area contributed by atoms with Crippen molar-refractivity contribution in [2.45, 2.75) is 26.0 Å². The number of aliphatic hydroxyl groups excluding tert-OH is 1. The number of aryl methyl sites for hydroxylation is 1. The lowest BCUT2D eigenvalue weighted by Crippen LogP contribution is -2.19.